The molecule has 0 radical (unpaired) electrons. The molecule has 1 saturated heterocycles. The van der Waals surface area contributed by atoms with Gasteiger partial charge in [-0.05, 0) is 23.8 Å². The summed E-state index contributed by atoms with van der Waals surface area (Å²) < 4.78 is 2.04. The van der Waals surface area contributed by atoms with Crippen LogP contribution in [0.1, 0.15) is 12.1 Å². The van der Waals surface area contributed by atoms with Crippen molar-refractivity contribution in [1.29, 1.82) is 0 Å². The summed E-state index contributed by atoms with van der Waals surface area (Å²) in [7, 11) is 0. The van der Waals surface area contributed by atoms with Gasteiger partial charge in [0.25, 0.3) is 0 Å². The van der Waals surface area contributed by atoms with Crippen molar-refractivity contribution in [2.45, 2.75) is 19.5 Å². The number of carbonyl (C=O) groups is 1. The average Bonchev–Trinajstić information content (AvgIpc) is 3.02. The summed E-state index contributed by atoms with van der Waals surface area (Å²) in [6.07, 6.45) is 9.50. The van der Waals surface area contributed by atoms with Crippen LogP contribution in [0, 0.1) is 12.3 Å². The molecule has 2 aromatic rings. The highest BCUT2D eigenvalue weighted by Crippen LogP contribution is 2.22. The normalized spacial score (nSPS) is 15.1. The first kappa shape index (κ1) is 18.2. The number of aromatic nitrogens is 2. The minimum absolute atomic E-state index is 0.0707. The molecular formula is C20H21ClN4O. The summed E-state index contributed by atoms with van der Waals surface area (Å²) in [6.45, 7) is 7.09. The lowest BCUT2D eigenvalue weighted by Crippen LogP contribution is -2.50. The number of halogens is 1. The maximum Gasteiger partial charge on any atom is 0.241 e. The van der Waals surface area contributed by atoms with Gasteiger partial charge in [-0.15, -0.1) is 12.3 Å². The van der Waals surface area contributed by atoms with E-state index in [1.807, 2.05) is 29.0 Å². The van der Waals surface area contributed by atoms with Gasteiger partial charge in [0.15, 0.2) is 0 Å². The van der Waals surface area contributed by atoms with Gasteiger partial charge in [0, 0.05) is 49.5 Å². The van der Waals surface area contributed by atoms with E-state index in [-0.39, 0.29) is 5.91 Å². The fourth-order valence-corrected chi connectivity index (χ4v) is 3.25. The van der Waals surface area contributed by atoms with Crippen molar-refractivity contribution >= 4 is 23.2 Å². The number of nitrogens with zero attached hydrogens (tertiary/aromatic N) is 4. The van der Waals surface area contributed by atoms with E-state index in [0.717, 1.165) is 23.5 Å². The van der Waals surface area contributed by atoms with Crippen LogP contribution >= 0.6 is 11.6 Å². The van der Waals surface area contributed by atoms with Gasteiger partial charge in [0.05, 0.1) is 18.6 Å². The van der Waals surface area contributed by atoms with Crippen molar-refractivity contribution in [3.05, 3.63) is 59.7 Å². The molecule has 2 heterocycles. The van der Waals surface area contributed by atoms with E-state index in [1.165, 1.54) is 0 Å². The van der Waals surface area contributed by atoms with Gasteiger partial charge >= 0.3 is 0 Å². The van der Waals surface area contributed by atoms with Crippen LogP contribution in [-0.2, 0) is 17.9 Å². The average molecular weight is 369 g/mol. The predicted molar refractivity (Wildman–Crippen MR) is 104 cm³/mol. The Kier molecular flexibility index (Phi) is 5.77. The fraction of sp³-hybridized carbons (Fsp3) is 0.300. The molecule has 0 atom stereocenters. The second-order valence-electron chi connectivity index (χ2n) is 6.38. The summed E-state index contributed by atoms with van der Waals surface area (Å²) in [5.41, 5.74) is 2.86. The van der Waals surface area contributed by atoms with Gasteiger partial charge in [-0.2, -0.15) is 0 Å². The molecule has 134 valence electrons. The predicted octanol–water partition coefficient (Wildman–Crippen LogP) is 2.96. The van der Waals surface area contributed by atoms with E-state index in [0.29, 0.717) is 37.6 Å². The first-order chi connectivity index (χ1) is 12.6. The smallest absolute Gasteiger partial charge is 0.241 e. The zero-order valence-electron chi connectivity index (χ0n) is 14.6. The monoisotopic (exact) mass is 368 g/mol. The molecule has 26 heavy (non-hydrogen) atoms. The summed E-state index contributed by atoms with van der Waals surface area (Å²) >= 11 is 6.04. The molecule has 0 spiro atoms. The third kappa shape index (κ3) is 4.34. The first-order valence-corrected chi connectivity index (χ1v) is 8.82. The molecule has 1 amide bonds. The summed E-state index contributed by atoms with van der Waals surface area (Å²) in [5.74, 6) is 2.68. The molecule has 5 nitrogen and oxygen atoms in total. The first-order valence-electron chi connectivity index (χ1n) is 8.44. The molecule has 1 aromatic heterocycles. The van der Waals surface area contributed by atoms with Crippen molar-refractivity contribution in [3.63, 3.8) is 0 Å². The molecule has 1 aliphatic rings. The Balaban J connectivity index is 1.62. The lowest BCUT2D eigenvalue weighted by atomic mass is 10.2. The highest BCUT2D eigenvalue weighted by Gasteiger charge is 2.25. The fourth-order valence-electron chi connectivity index (χ4n) is 3.07. The summed E-state index contributed by atoms with van der Waals surface area (Å²) in [5, 5.41) is 0.633. The SMILES string of the molecule is C#CCC(=C)Cn1cncc1CN1CCN(c2cccc(Cl)c2)C(=O)C1. The number of amides is 1. The van der Waals surface area contributed by atoms with E-state index in [9.17, 15) is 4.79 Å². The highest BCUT2D eigenvalue weighted by atomic mass is 35.5. The van der Waals surface area contributed by atoms with E-state index < -0.39 is 0 Å². The number of hydrogen-bond acceptors (Lipinski definition) is 3. The number of anilines is 1. The van der Waals surface area contributed by atoms with Crippen LogP contribution in [0.2, 0.25) is 5.02 Å². The number of terminal acetylenes is 1. The molecule has 6 heteroatoms. The van der Waals surface area contributed by atoms with E-state index in [4.69, 9.17) is 18.0 Å². The number of rotatable bonds is 6. The second kappa shape index (κ2) is 8.22. The van der Waals surface area contributed by atoms with E-state index >= 15 is 0 Å². The largest absolute Gasteiger partial charge is 0.329 e. The molecule has 1 fully saturated rings. The van der Waals surface area contributed by atoms with Crippen molar-refractivity contribution in [3.8, 4) is 12.3 Å². The summed E-state index contributed by atoms with van der Waals surface area (Å²) in [4.78, 5) is 20.7. The van der Waals surface area contributed by atoms with Gasteiger partial charge in [0.2, 0.25) is 5.91 Å². The standard InChI is InChI=1S/C20H21ClN4O/c1-3-5-16(2)12-24-15-22-11-19(24)13-23-8-9-25(20(26)14-23)18-7-4-6-17(21)10-18/h1,4,6-7,10-11,15H,2,5,8-9,12-14H2. The van der Waals surface area contributed by atoms with Crippen LogP contribution < -0.4 is 4.90 Å². The van der Waals surface area contributed by atoms with Crippen molar-refractivity contribution in [2.75, 3.05) is 24.5 Å². The molecule has 0 bridgehead atoms. The zero-order chi connectivity index (χ0) is 18.5. The van der Waals surface area contributed by atoms with Crippen molar-refractivity contribution < 1.29 is 4.79 Å². The van der Waals surface area contributed by atoms with Crippen LogP contribution in [0.5, 0.6) is 0 Å². The lowest BCUT2D eigenvalue weighted by molar-refractivity contribution is -0.121. The molecule has 0 unspecified atom stereocenters. The molecule has 1 aromatic carbocycles. The topological polar surface area (TPSA) is 41.4 Å². The highest BCUT2D eigenvalue weighted by molar-refractivity contribution is 6.30. The maximum atomic E-state index is 12.6. The number of allylic oxidation sites excluding steroid dienone is 1. The third-order valence-electron chi connectivity index (χ3n) is 4.35. The Hall–Kier alpha value is -2.55. The van der Waals surface area contributed by atoms with Crippen LogP contribution in [0.15, 0.2) is 48.9 Å². The van der Waals surface area contributed by atoms with Gasteiger partial charge in [0.1, 0.15) is 0 Å². The Labute approximate surface area is 158 Å². The molecule has 3 rings (SSSR count). The Morgan fingerprint density at radius 2 is 2.23 bits per heavy atom. The quantitative estimate of drug-likeness (QED) is 0.581. The summed E-state index contributed by atoms with van der Waals surface area (Å²) in [6, 6.07) is 7.40. The van der Waals surface area contributed by atoms with E-state index in [2.05, 4.69) is 22.4 Å². The third-order valence-corrected chi connectivity index (χ3v) is 4.58. The number of imidazole rings is 1. The van der Waals surface area contributed by atoms with Crippen molar-refractivity contribution in [2.24, 2.45) is 0 Å². The Morgan fingerprint density at radius 1 is 1.38 bits per heavy atom. The van der Waals surface area contributed by atoms with Crippen LogP contribution in [0.4, 0.5) is 5.69 Å². The van der Waals surface area contributed by atoms with E-state index in [1.54, 1.807) is 17.3 Å². The minimum atomic E-state index is 0.0707. The van der Waals surface area contributed by atoms with Gasteiger partial charge < -0.3 is 9.47 Å². The number of benzene rings is 1. The zero-order valence-corrected chi connectivity index (χ0v) is 15.3. The van der Waals surface area contributed by atoms with Gasteiger partial charge in [-0.25, -0.2) is 4.98 Å². The van der Waals surface area contributed by atoms with Crippen LogP contribution in [0.3, 0.4) is 0 Å². The van der Waals surface area contributed by atoms with Crippen molar-refractivity contribution in [1.82, 2.24) is 14.5 Å². The molecule has 0 N–H and O–H groups in total. The van der Waals surface area contributed by atoms with Gasteiger partial charge in [-0.1, -0.05) is 24.2 Å². The maximum absolute atomic E-state index is 12.6. The number of piperazine rings is 1. The molecule has 0 aliphatic carbocycles. The Bertz CT molecular complexity index is 851. The van der Waals surface area contributed by atoms with Gasteiger partial charge in [-0.3, -0.25) is 9.69 Å². The Morgan fingerprint density at radius 3 is 2.96 bits per heavy atom. The number of hydrogen-bond donors (Lipinski definition) is 0. The molecule has 0 saturated carbocycles. The molecule has 1 aliphatic heterocycles. The lowest BCUT2D eigenvalue weighted by Gasteiger charge is -2.34. The molecular weight excluding hydrogens is 348 g/mol. The second-order valence-corrected chi connectivity index (χ2v) is 6.82. The van der Waals surface area contributed by atoms with Crippen LogP contribution in [-0.4, -0.2) is 40.0 Å². The number of carbonyl (C=O) groups excluding carboxylic acids is 1. The minimum Gasteiger partial charge on any atom is -0.329 e. The van der Waals surface area contributed by atoms with Crippen LogP contribution in [0.25, 0.3) is 0 Å².